The predicted molar refractivity (Wildman–Crippen MR) is 87.9 cm³/mol. The van der Waals surface area contributed by atoms with E-state index in [-0.39, 0.29) is 11.3 Å². The summed E-state index contributed by atoms with van der Waals surface area (Å²) in [5, 5.41) is 2.99. The second kappa shape index (κ2) is 6.85. The molecule has 0 bridgehead atoms. The standard InChI is InChI=1S/C17H22N2OS/c1-17(2,3)15-9-8-14(21-15)16(20)19-11-5-7-13-6-4-10-18-12-13/h4,6,8-10,12H,5,7,11H2,1-3H3,(H,19,20). The van der Waals surface area contributed by atoms with Gasteiger partial charge < -0.3 is 5.32 Å². The molecule has 2 aromatic rings. The van der Waals surface area contributed by atoms with Gasteiger partial charge in [-0.2, -0.15) is 0 Å². The fourth-order valence-corrected chi connectivity index (χ4v) is 2.97. The van der Waals surface area contributed by atoms with Crippen molar-refractivity contribution in [2.75, 3.05) is 6.54 Å². The molecule has 2 rings (SSSR count). The molecule has 4 heteroatoms. The summed E-state index contributed by atoms with van der Waals surface area (Å²) in [5.41, 5.74) is 1.31. The van der Waals surface area contributed by atoms with E-state index < -0.39 is 0 Å². The number of carbonyl (C=O) groups is 1. The van der Waals surface area contributed by atoms with Crippen LogP contribution in [0.3, 0.4) is 0 Å². The second-order valence-corrected chi connectivity index (χ2v) is 7.22. The number of thiophene rings is 1. The van der Waals surface area contributed by atoms with Crippen LogP contribution in [0.15, 0.2) is 36.7 Å². The van der Waals surface area contributed by atoms with Gasteiger partial charge in [0.25, 0.3) is 5.91 Å². The zero-order valence-corrected chi connectivity index (χ0v) is 13.7. The van der Waals surface area contributed by atoms with Crippen molar-refractivity contribution in [2.45, 2.75) is 39.0 Å². The molecular formula is C17H22N2OS. The first-order chi connectivity index (χ1) is 9.97. The Hall–Kier alpha value is -1.68. The average Bonchev–Trinajstić information content (AvgIpc) is 2.94. The molecule has 0 aromatic carbocycles. The zero-order valence-electron chi connectivity index (χ0n) is 12.8. The number of pyridine rings is 1. The van der Waals surface area contributed by atoms with Gasteiger partial charge in [0.05, 0.1) is 4.88 Å². The Balaban J connectivity index is 1.78. The number of aromatic nitrogens is 1. The van der Waals surface area contributed by atoms with Crippen LogP contribution in [0.4, 0.5) is 0 Å². The van der Waals surface area contributed by atoms with E-state index in [1.807, 2.05) is 18.3 Å². The largest absolute Gasteiger partial charge is 0.351 e. The molecule has 3 nitrogen and oxygen atoms in total. The molecule has 0 aliphatic carbocycles. The lowest BCUT2D eigenvalue weighted by Crippen LogP contribution is -2.23. The Morgan fingerprint density at radius 1 is 1.29 bits per heavy atom. The Bertz CT molecular complexity index is 584. The van der Waals surface area contributed by atoms with Gasteiger partial charge in [0.1, 0.15) is 0 Å². The van der Waals surface area contributed by atoms with E-state index in [1.54, 1.807) is 17.5 Å². The summed E-state index contributed by atoms with van der Waals surface area (Å²) in [5.74, 6) is 0.0293. The molecule has 1 amide bonds. The number of carbonyl (C=O) groups excluding carboxylic acids is 1. The van der Waals surface area contributed by atoms with Gasteiger partial charge in [0.15, 0.2) is 0 Å². The highest BCUT2D eigenvalue weighted by Gasteiger charge is 2.18. The minimum atomic E-state index is 0.0293. The fourth-order valence-electron chi connectivity index (χ4n) is 1.99. The molecule has 0 aliphatic heterocycles. The topological polar surface area (TPSA) is 42.0 Å². The molecule has 0 spiro atoms. The Kier molecular flexibility index (Phi) is 5.12. The van der Waals surface area contributed by atoms with Crippen molar-refractivity contribution >= 4 is 17.2 Å². The van der Waals surface area contributed by atoms with E-state index in [0.717, 1.165) is 17.7 Å². The highest BCUT2D eigenvalue weighted by atomic mass is 32.1. The number of hydrogen-bond donors (Lipinski definition) is 1. The summed E-state index contributed by atoms with van der Waals surface area (Å²) >= 11 is 1.58. The minimum Gasteiger partial charge on any atom is -0.351 e. The first-order valence-corrected chi connectivity index (χ1v) is 8.06. The van der Waals surface area contributed by atoms with Crippen LogP contribution in [0, 0.1) is 0 Å². The first kappa shape index (κ1) is 15.7. The number of rotatable bonds is 5. The van der Waals surface area contributed by atoms with Gasteiger partial charge in [-0.3, -0.25) is 9.78 Å². The first-order valence-electron chi connectivity index (χ1n) is 7.24. The number of hydrogen-bond acceptors (Lipinski definition) is 3. The summed E-state index contributed by atoms with van der Waals surface area (Å²) < 4.78 is 0. The Morgan fingerprint density at radius 3 is 2.71 bits per heavy atom. The number of aryl methyl sites for hydroxylation is 1. The SMILES string of the molecule is CC(C)(C)c1ccc(C(=O)NCCCc2cccnc2)s1. The van der Waals surface area contributed by atoms with Crippen LogP contribution in [-0.2, 0) is 11.8 Å². The maximum atomic E-state index is 12.1. The smallest absolute Gasteiger partial charge is 0.261 e. The Morgan fingerprint density at radius 2 is 2.10 bits per heavy atom. The molecule has 0 aliphatic rings. The summed E-state index contributed by atoms with van der Waals surface area (Å²) in [6, 6.07) is 7.97. The van der Waals surface area contributed by atoms with Crippen LogP contribution >= 0.6 is 11.3 Å². The summed E-state index contributed by atoms with van der Waals surface area (Å²) in [4.78, 5) is 18.2. The summed E-state index contributed by atoms with van der Waals surface area (Å²) in [6.45, 7) is 7.17. The van der Waals surface area contributed by atoms with Crippen molar-refractivity contribution in [1.29, 1.82) is 0 Å². The molecule has 0 saturated heterocycles. The third-order valence-corrected chi connectivity index (χ3v) is 4.73. The maximum Gasteiger partial charge on any atom is 0.261 e. The minimum absolute atomic E-state index is 0.0293. The average molecular weight is 302 g/mol. The zero-order chi connectivity index (χ0) is 15.3. The molecule has 0 fully saturated rings. The molecule has 0 radical (unpaired) electrons. The van der Waals surface area contributed by atoms with Crippen LogP contribution in [-0.4, -0.2) is 17.4 Å². The molecule has 2 heterocycles. The molecule has 0 saturated carbocycles. The van der Waals surface area contributed by atoms with Crippen molar-refractivity contribution in [3.63, 3.8) is 0 Å². The molecule has 112 valence electrons. The van der Waals surface area contributed by atoms with Crippen molar-refractivity contribution < 1.29 is 4.79 Å². The van der Waals surface area contributed by atoms with Crippen molar-refractivity contribution in [1.82, 2.24) is 10.3 Å². The molecular weight excluding hydrogens is 280 g/mol. The quantitative estimate of drug-likeness (QED) is 0.854. The van der Waals surface area contributed by atoms with Gasteiger partial charge in [-0.25, -0.2) is 0 Å². The predicted octanol–water partition coefficient (Wildman–Crippen LogP) is 3.80. The lowest BCUT2D eigenvalue weighted by molar-refractivity contribution is 0.0957. The fraction of sp³-hybridized carbons (Fsp3) is 0.412. The van der Waals surface area contributed by atoms with Crippen LogP contribution in [0.25, 0.3) is 0 Å². The van der Waals surface area contributed by atoms with E-state index >= 15 is 0 Å². The molecule has 0 atom stereocenters. The molecule has 0 unspecified atom stereocenters. The van der Waals surface area contributed by atoms with Crippen LogP contribution < -0.4 is 5.32 Å². The summed E-state index contributed by atoms with van der Waals surface area (Å²) in [7, 11) is 0. The van der Waals surface area contributed by atoms with Gasteiger partial charge in [-0.05, 0) is 42.0 Å². The van der Waals surface area contributed by atoms with Gasteiger partial charge in [-0.15, -0.1) is 11.3 Å². The molecule has 21 heavy (non-hydrogen) atoms. The van der Waals surface area contributed by atoms with E-state index in [0.29, 0.717) is 6.54 Å². The van der Waals surface area contributed by atoms with E-state index in [1.165, 1.54) is 10.4 Å². The van der Waals surface area contributed by atoms with E-state index in [4.69, 9.17) is 0 Å². The number of nitrogens with zero attached hydrogens (tertiary/aromatic N) is 1. The molecule has 2 aromatic heterocycles. The van der Waals surface area contributed by atoms with Crippen molar-refractivity contribution in [3.05, 3.63) is 52.0 Å². The second-order valence-electron chi connectivity index (χ2n) is 6.13. The van der Waals surface area contributed by atoms with Gasteiger partial charge in [-0.1, -0.05) is 26.8 Å². The van der Waals surface area contributed by atoms with Gasteiger partial charge >= 0.3 is 0 Å². The van der Waals surface area contributed by atoms with E-state index in [2.05, 4.69) is 43.2 Å². The monoisotopic (exact) mass is 302 g/mol. The highest BCUT2D eigenvalue weighted by molar-refractivity contribution is 7.14. The van der Waals surface area contributed by atoms with Crippen molar-refractivity contribution in [2.24, 2.45) is 0 Å². The summed E-state index contributed by atoms with van der Waals surface area (Å²) in [6.07, 6.45) is 5.51. The third-order valence-electron chi connectivity index (χ3n) is 3.22. The lowest BCUT2D eigenvalue weighted by atomic mass is 9.95. The van der Waals surface area contributed by atoms with Crippen LogP contribution in [0.5, 0.6) is 0 Å². The third kappa shape index (κ3) is 4.67. The maximum absolute atomic E-state index is 12.1. The van der Waals surface area contributed by atoms with Crippen LogP contribution in [0.2, 0.25) is 0 Å². The normalized spacial score (nSPS) is 11.4. The van der Waals surface area contributed by atoms with Crippen molar-refractivity contribution in [3.8, 4) is 0 Å². The number of amides is 1. The van der Waals surface area contributed by atoms with Gasteiger partial charge in [0.2, 0.25) is 0 Å². The highest BCUT2D eigenvalue weighted by Crippen LogP contribution is 2.29. The van der Waals surface area contributed by atoms with Crippen LogP contribution in [0.1, 0.15) is 47.3 Å². The molecule has 1 N–H and O–H groups in total. The van der Waals surface area contributed by atoms with E-state index in [9.17, 15) is 4.79 Å². The lowest BCUT2D eigenvalue weighted by Gasteiger charge is -2.15. The van der Waals surface area contributed by atoms with Gasteiger partial charge in [0, 0.05) is 23.8 Å². The Labute approximate surface area is 130 Å². The number of nitrogens with one attached hydrogen (secondary N) is 1.